The van der Waals surface area contributed by atoms with Crippen LogP contribution in [-0.2, 0) is 4.74 Å². The van der Waals surface area contributed by atoms with Crippen LogP contribution in [0.15, 0.2) is 0 Å². The van der Waals surface area contributed by atoms with Crippen LogP contribution in [0.3, 0.4) is 0 Å². The number of hydrogen-bond donors (Lipinski definition) is 1. The Morgan fingerprint density at radius 1 is 1.33 bits per heavy atom. The van der Waals surface area contributed by atoms with Gasteiger partial charge in [0.25, 0.3) is 0 Å². The first-order valence-electron chi connectivity index (χ1n) is 4.83. The second kappa shape index (κ2) is 3.75. The predicted octanol–water partition coefficient (Wildman–Crippen LogP) is 1.67. The summed E-state index contributed by atoms with van der Waals surface area (Å²) < 4.78 is 5.58. The average molecular weight is 172 g/mol. The molecule has 1 N–H and O–H groups in total. The van der Waals surface area contributed by atoms with Crippen LogP contribution in [0.4, 0.5) is 0 Å². The normalized spacial score (nSPS) is 43.5. The molecule has 2 nitrogen and oxygen atoms in total. The number of hydrogen-bond acceptors (Lipinski definition) is 2. The summed E-state index contributed by atoms with van der Waals surface area (Å²) in [5, 5.41) is 9.85. The van der Waals surface area contributed by atoms with E-state index in [1.54, 1.807) is 0 Å². The topological polar surface area (TPSA) is 29.5 Å². The lowest BCUT2D eigenvalue weighted by atomic mass is 9.82. The fraction of sp³-hybridized carbons (Fsp3) is 1.00. The van der Waals surface area contributed by atoms with E-state index in [1.165, 1.54) is 0 Å². The molecule has 0 aliphatic carbocycles. The van der Waals surface area contributed by atoms with Crippen LogP contribution in [0.1, 0.15) is 27.7 Å². The fourth-order valence-electron chi connectivity index (χ4n) is 1.74. The number of ether oxygens (including phenoxy) is 1. The molecule has 0 spiro atoms. The molecule has 0 bridgehead atoms. The van der Waals surface area contributed by atoms with Gasteiger partial charge >= 0.3 is 0 Å². The smallest absolute Gasteiger partial charge is 0.0859 e. The van der Waals surface area contributed by atoms with E-state index in [9.17, 15) is 5.11 Å². The molecule has 0 aromatic carbocycles. The molecule has 1 aliphatic heterocycles. The number of aliphatic hydroxyl groups excluding tert-OH is 1. The molecule has 4 unspecified atom stereocenters. The standard InChI is InChI=1S/C10H20O2/c1-6(2)10-9(11)8(4)7(3)5-12-10/h6-11H,5H2,1-4H3. The molecule has 12 heavy (non-hydrogen) atoms. The van der Waals surface area contributed by atoms with Crippen molar-refractivity contribution < 1.29 is 9.84 Å². The van der Waals surface area contributed by atoms with Gasteiger partial charge in [0.2, 0.25) is 0 Å². The SMILES string of the molecule is CC(C)C1OCC(C)C(C)C1O. The summed E-state index contributed by atoms with van der Waals surface area (Å²) in [6, 6.07) is 0. The molecular formula is C10H20O2. The molecule has 1 heterocycles. The van der Waals surface area contributed by atoms with Crippen LogP contribution in [-0.4, -0.2) is 23.9 Å². The Morgan fingerprint density at radius 2 is 1.92 bits per heavy atom. The fourth-order valence-corrected chi connectivity index (χ4v) is 1.74. The van der Waals surface area contributed by atoms with Crippen LogP contribution in [0.25, 0.3) is 0 Å². The van der Waals surface area contributed by atoms with Crippen molar-refractivity contribution >= 4 is 0 Å². The van der Waals surface area contributed by atoms with Gasteiger partial charge in [0, 0.05) is 6.61 Å². The highest BCUT2D eigenvalue weighted by atomic mass is 16.5. The highest BCUT2D eigenvalue weighted by Crippen LogP contribution is 2.28. The summed E-state index contributed by atoms with van der Waals surface area (Å²) in [4.78, 5) is 0. The van der Waals surface area contributed by atoms with Gasteiger partial charge in [-0.25, -0.2) is 0 Å². The molecule has 0 saturated carbocycles. The number of rotatable bonds is 1. The lowest BCUT2D eigenvalue weighted by Crippen LogP contribution is -2.46. The molecular weight excluding hydrogens is 152 g/mol. The van der Waals surface area contributed by atoms with Gasteiger partial charge in [0.1, 0.15) is 0 Å². The first-order chi connectivity index (χ1) is 5.54. The molecule has 1 rings (SSSR count). The largest absolute Gasteiger partial charge is 0.390 e. The van der Waals surface area contributed by atoms with Crippen LogP contribution in [0, 0.1) is 17.8 Å². The number of aliphatic hydroxyl groups is 1. The van der Waals surface area contributed by atoms with E-state index < -0.39 is 0 Å². The average Bonchev–Trinajstić information content (AvgIpc) is 2.00. The molecule has 1 aliphatic rings. The van der Waals surface area contributed by atoms with Crippen LogP contribution < -0.4 is 0 Å². The van der Waals surface area contributed by atoms with Gasteiger partial charge in [-0.15, -0.1) is 0 Å². The van der Waals surface area contributed by atoms with Crippen molar-refractivity contribution in [1.29, 1.82) is 0 Å². The van der Waals surface area contributed by atoms with Crippen molar-refractivity contribution in [1.82, 2.24) is 0 Å². The third-order valence-corrected chi connectivity index (χ3v) is 2.98. The van der Waals surface area contributed by atoms with Crippen LogP contribution >= 0.6 is 0 Å². The van der Waals surface area contributed by atoms with E-state index in [-0.39, 0.29) is 12.2 Å². The Morgan fingerprint density at radius 3 is 2.42 bits per heavy atom. The van der Waals surface area contributed by atoms with E-state index in [0.29, 0.717) is 17.8 Å². The van der Waals surface area contributed by atoms with Crippen molar-refractivity contribution in [2.24, 2.45) is 17.8 Å². The van der Waals surface area contributed by atoms with E-state index >= 15 is 0 Å². The quantitative estimate of drug-likeness (QED) is 0.652. The highest BCUT2D eigenvalue weighted by molar-refractivity contribution is 4.83. The zero-order chi connectivity index (χ0) is 9.30. The third kappa shape index (κ3) is 1.80. The van der Waals surface area contributed by atoms with Gasteiger partial charge in [-0.3, -0.25) is 0 Å². The van der Waals surface area contributed by atoms with E-state index in [2.05, 4.69) is 27.7 Å². The molecule has 0 amide bonds. The summed E-state index contributed by atoms with van der Waals surface area (Å²) in [7, 11) is 0. The molecule has 1 saturated heterocycles. The maximum Gasteiger partial charge on any atom is 0.0859 e. The lowest BCUT2D eigenvalue weighted by molar-refractivity contribution is -0.141. The minimum atomic E-state index is -0.284. The molecule has 0 aromatic heterocycles. The molecule has 2 heteroatoms. The first kappa shape index (κ1) is 10.0. The predicted molar refractivity (Wildman–Crippen MR) is 48.9 cm³/mol. The van der Waals surface area contributed by atoms with Crippen molar-refractivity contribution in [2.45, 2.75) is 39.9 Å². The Balaban J connectivity index is 2.58. The molecule has 4 atom stereocenters. The minimum Gasteiger partial charge on any atom is -0.390 e. The van der Waals surface area contributed by atoms with Gasteiger partial charge in [-0.05, 0) is 17.8 Å². The monoisotopic (exact) mass is 172 g/mol. The van der Waals surface area contributed by atoms with Gasteiger partial charge < -0.3 is 9.84 Å². The second-order valence-corrected chi connectivity index (χ2v) is 4.37. The van der Waals surface area contributed by atoms with Crippen molar-refractivity contribution in [3.63, 3.8) is 0 Å². The van der Waals surface area contributed by atoms with Crippen LogP contribution in [0.2, 0.25) is 0 Å². The summed E-state index contributed by atoms with van der Waals surface area (Å²) in [6.45, 7) is 9.21. The maximum absolute atomic E-state index is 9.85. The minimum absolute atomic E-state index is 0.0381. The second-order valence-electron chi connectivity index (χ2n) is 4.37. The zero-order valence-electron chi connectivity index (χ0n) is 8.45. The summed E-state index contributed by atoms with van der Waals surface area (Å²) in [6.07, 6.45) is -0.245. The molecule has 0 radical (unpaired) electrons. The van der Waals surface area contributed by atoms with Crippen molar-refractivity contribution in [3.05, 3.63) is 0 Å². The van der Waals surface area contributed by atoms with Gasteiger partial charge in [0.15, 0.2) is 0 Å². The van der Waals surface area contributed by atoms with E-state index in [4.69, 9.17) is 4.74 Å². The molecule has 72 valence electrons. The van der Waals surface area contributed by atoms with E-state index in [1.807, 2.05) is 0 Å². The Bertz CT molecular complexity index is 145. The zero-order valence-corrected chi connectivity index (χ0v) is 8.45. The Hall–Kier alpha value is -0.0800. The van der Waals surface area contributed by atoms with E-state index in [0.717, 1.165) is 6.61 Å². The maximum atomic E-state index is 9.85. The lowest BCUT2D eigenvalue weighted by Gasteiger charge is -2.39. The van der Waals surface area contributed by atoms with Crippen molar-refractivity contribution in [2.75, 3.05) is 6.61 Å². The van der Waals surface area contributed by atoms with Gasteiger partial charge in [0.05, 0.1) is 12.2 Å². The van der Waals surface area contributed by atoms with Gasteiger partial charge in [-0.1, -0.05) is 27.7 Å². The Labute approximate surface area is 74.9 Å². The molecule has 0 aromatic rings. The van der Waals surface area contributed by atoms with Crippen molar-refractivity contribution in [3.8, 4) is 0 Å². The van der Waals surface area contributed by atoms with Gasteiger partial charge in [-0.2, -0.15) is 0 Å². The third-order valence-electron chi connectivity index (χ3n) is 2.98. The van der Waals surface area contributed by atoms with Crippen LogP contribution in [0.5, 0.6) is 0 Å². The molecule has 1 fully saturated rings. The summed E-state index contributed by atoms with van der Waals surface area (Å²) in [5.74, 6) is 1.26. The summed E-state index contributed by atoms with van der Waals surface area (Å²) >= 11 is 0. The Kier molecular flexibility index (Phi) is 3.13. The summed E-state index contributed by atoms with van der Waals surface area (Å²) in [5.41, 5.74) is 0. The first-order valence-corrected chi connectivity index (χ1v) is 4.83. The highest BCUT2D eigenvalue weighted by Gasteiger charge is 2.35.